The Morgan fingerprint density at radius 2 is 1.97 bits per heavy atom. The van der Waals surface area contributed by atoms with Crippen LogP contribution in [0.1, 0.15) is 38.6 Å². The summed E-state index contributed by atoms with van der Waals surface area (Å²) >= 11 is 0. The third-order valence-electron chi connectivity index (χ3n) is 5.54. The molecule has 5 nitrogen and oxygen atoms in total. The number of imidazole rings is 1. The molecule has 3 aromatic rings. The van der Waals surface area contributed by atoms with Crippen molar-refractivity contribution in [2.45, 2.75) is 39.3 Å². The normalized spacial score (nSPS) is 17.7. The van der Waals surface area contributed by atoms with Gasteiger partial charge in [0.15, 0.2) is 0 Å². The molecular weight excluding hydrogens is 367 g/mol. The lowest BCUT2D eigenvalue weighted by Gasteiger charge is -2.32. The van der Waals surface area contributed by atoms with E-state index < -0.39 is 0 Å². The van der Waals surface area contributed by atoms with Crippen LogP contribution >= 0.6 is 0 Å². The minimum atomic E-state index is -0.306. The van der Waals surface area contributed by atoms with Crippen LogP contribution in [0.2, 0.25) is 0 Å². The number of piperidine rings is 1. The quantitative estimate of drug-likeness (QED) is 0.688. The summed E-state index contributed by atoms with van der Waals surface area (Å²) in [7, 11) is 0. The standard InChI is InChI=1S/C23H27FN4O/c1-16(2)28-21-8-4-3-7-20(21)26-22(28)15-27-13-5-6-17(14-27)23(29)25-19-11-9-18(24)10-12-19/h3-4,7-12,16-17H,5-6,13-15H2,1-2H3,(H,25,29)/t17-/m1/s1. The molecule has 1 atom stereocenters. The second-order valence-corrected chi connectivity index (χ2v) is 8.05. The SMILES string of the molecule is CC(C)n1c(CN2CCC[C@@H](C(=O)Nc3ccc(F)cc3)C2)nc2ccccc21. The number of aromatic nitrogens is 2. The van der Waals surface area contributed by atoms with Crippen LogP contribution in [0.4, 0.5) is 10.1 Å². The fourth-order valence-corrected chi connectivity index (χ4v) is 4.17. The highest BCUT2D eigenvalue weighted by Gasteiger charge is 2.27. The molecule has 29 heavy (non-hydrogen) atoms. The van der Waals surface area contributed by atoms with Crippen molar-refractivity contribution in [3.8, 4) is 0 Å². The van der Waals surface area contributed by atoms with E-state index in [4.69, 9.17) is 4.98 Å². The molecule has 0 unspecified atom stereocenters. The van der Waals surface area contributed by atoms with Gasteiger partial charge in [-0.25, -0.2) is 9.37 Å². The number of hydrogen-bond acceptors (Lipinski definition) is 3. The molecule has 1 aromatic heterocycles. The molecule has 1 saturated heterocycles. The average Bonchev–Trinajstić information content (AvgIpc) is 3.08. The summed E-state index contributed by atoms with van der Waals surface area (Å²) in [5.74, 6) is 0.657. The van der Waals surface area contributed by atoms with Crippen molar-refractivity contribution in [2.24, 2.45) is 5.92 Å². The summed E-state index contributed by atoms with van der Waals surface area (Å²) in [6, 6.07) is 14.5. The van der Waals surface area contributed by atoms with Crippen LogP contribution in [0, 0.1) is 11.7 Å². The summed E-state index contributed by atoms with van der Waals surface area (Å²) in [6.45, 7) is 6.74. The Morgan fingerprint density at radius 1 is 1.21 bits per heavy atom. The van der Waals surface area contributed by atoms with Crippen LogP contribution in [0.3, 0.4) is 0 Å². The number of anilines is 1. The van der Waals surface area contributed by atoms with Gasteiger partial charge < -0.3 is 9.88 Å². The molecule has 1 amide bonds. The molecule has 2 aromatic carbocycles. The molecule has 1 aliphatic rings. The smallest absolute Gasteiger partial charge is 0.228 e. The maximum absolute atomic E-state index is 13.1. The van der Waals surface area contributed by atoms with Gasteiger partial charge in [0.1, 0.15) is 11.6 Å². The maximum atomic E-state index is 13.1. The monoisotopic (exact) mass is 394 g/mol. The Hall–Kier alpha value is -2.73. The van der Waals surface area contributed by atoms with Crippen molar-refractivity contribution in [3.05, 3.63) is 60.2 Å². The second kappa shape index (κ2) is 8.33. The van der Waals surface area contributed by atoms with Crippen molar-refractivity contribution in [1.82, 2.24) is 14.5 Å². The molecule has 0 spiro atoms. The van der Waals surface area contributed by atoms with Crippen LogP contribution in [0.5, 0.6) is 0 Å². The zero-order valence-electron chi connectivity index (χ0n) is 16.9. The van der Waals surface area contributed by atoms with E-state index in [2.05, 4.69) is 34.7 Å². The number of carbonyl (C=O) groups is 1. The summed E-state index contributed by atoms with van der Waals surface area (Å²) in [5.41, 5.74) is 2.80. The lowest BCUT2D eigenvalue weighted by Crippen LogP contribution is -2.40. The summed E-state index contributed by atoms with van der Waals surface area (Å²) < 4.78 is 15.4. The number of nitrogens with one attached hydrogen (secondary N) is 1. The number of rotatable bonds is 5. The molecule has 152 valence electrons. The number of carbonyl (C=O) groups excluding carboxylic acids is 1. The molecule has 1 fully saturated rings. The topological polar surface area (TPSA) is 50.2 Å². The predicted molar refractivity (Wildman–Crippen MR) is 113 cm³/mol. The highest BCUT2D eigenvalue weighted by atomic mass is 19.1. The predicted octanol–water partition coefficient (Wildman–Crippen LogP) is 4.61. The number of benzene rings is 2. The van der Waals surface area contributed by atoms with E-state index in [1.165, 1.54) is 12.1 Å². The van der Waals surface area contributed by atoms with Crippen LogP contribution in [0.15, 0.2) is 48.5 Å². The largest absolute Gasteiger partial charge is 0.326 e. The van der Waals surface area contributed by atoms with Crippen molar-refractivity contribution >= 4 is 22.6 Å². The molecule has 1 N–H and O–H groups in total. The first-order valence-electron chi connectivity index (χ1n) is 10.3. The Balaban J connectivity index is 1.46. The van der Waals surface area contributed by atoms with Gasteiger partial charge in [-0.2, -0.15) is 0 Å². The van der Waals surface area contributed by atoms with E-state index in [1.807, 2.05) is 18.2 Å². The zero-order valence-corrected chi connectivity index (χ0v) is 16.9. The Morgan fingerprint density at radius 3 is 2.72 bits per heavy atom. The van der Waals surface area contributed by atoms with Gasteiger partial charge in [-0.15, -0.1) is 0 Å². The van der Waals surface area contributed by atoms with Gasteiger partial charge >= 0.3 is 0 Å². The second-order valence-electron chi connectivity index (χ2n) is 8.05. The average molecular weight is 394 g/mol. The third-order valence-corrected chi connectivity index (χ3v) is 5.54. The van der Waals surface area contributed by atoms with Crippen molar-refractivity contribution in [2.75, 3.05) is 18.4 Å². The van der Waals surface area contributed by atoms with E-state index in [0.717, 1.165) is 42.8 Å². The van der Waals surface area contributed by atoms with Gasteiger partial charge in [-0.1, -0.05) is 12.1 Å². The van der Waals surface area contributed by atoms with Crippen LogP contribution < -0.4 is 5.32 Å². The van der Waals surface area contributed by atoms with Gasteiger partial charge in [-0.05, 0) is 69.6 Å². The van der Waals surface area contributed by atoms with E-state index in [0.29, 0.717) is 18.3 Å². The Labute approximate surface area is 170 Å². The van der Waals surface area contributed by atoms with Gasteiger partial charge in [0.05, 0.1) is 23.5 Å². The van der Waals surface area contributed by atoms with Crippen LogP contribution in [-0.2, 0) is 11.3 Å². The first-order valence-corrected chi connectivity index (χ1v) is 10.3. The lowest BCUT2D eigenvalue weighted by atomic mass is 9.97. The minimum absolute atomic E-state index is 0.00123. The van der Waals surface area contributed by atoms with Gasteiger partial charge in [0, 0.05) is 18.3 Å². The Bertz CT molecular complexity index is 996. The minimum Gasteiger partial charge on any atom is -0.326 e. The first kappa shape index (κ1) is 19.6. The van der Waals surface area contributed by atoms with Gasteiger partial charge in [0.2, 0.25) is 5.91 Å². The van der Waals surface area contributed by atoms with Crippen molar-refractivity contribution in [3.63, 3.8) is 0 Å². The summed E-state index contributed by atoms with van der Waals surface area (Å²) in [4.78, 5) is 19.9. The number of halogens is 1. The summed E-state index contributed by atoms with van der Waals surface area (Å²) in [5, 5.41) is 2.92. The van der Waals surface area contributed by atoms with E-state index in [1.54, 1.807) is 12.1 Å². The third kappa shape index (κ3) is 4.32. The van der Waals surface area contributed by atoms with Gasteiger partial charge in [0.25, 0.3) is 0 Å². The highest BCUT2D eigenvalue weighted by molar-refractivity contribution is 5.92. The molecule has 0 saturated carbocycles. The fourth-order valence-electron chi connectivity index (χ4n) is 4.17. The number of likely N-dealkylation sites (tertiary alicyclic amines) is 1. The number of hydrogen-bond donors (Lipinski definition) is 1. The molecule has 6 heteroatoms. The van der Waals surface area contributed by atoms with E-state index in [9.17, 15) is 9.18 Å². The fraction of sp³-hybridized carbons (Fsp3) is 0.391. The number of para-hydroxylation sites is 2. The maximum Gasteiger partial charge on any atom is 0.228 e. The molecule has 1 aliphatic heterocycles. The van der Waals surface area contributed by atoms with Crippen molar-refractivity contribution in [1.29, 1.82) is 0 Å². The molecule has 0 bridgehead atoms. The first-order chi connectivity index (χ1) is 14.0. The number of nitrogens with zero attached hydrogens (tertiary/aromatic N) is 3. The zero-order chi connectivity index (χ0) is 20.4. The molecule has 0 aliphatic carbocycles. The van der Waals surface area contributed by atoms with Gasteiger partial charge in [-0.3, -0.25) is 9.69 Å². The number of fused-ring (bicyclic) bond motifs is 1. The van der Waals surface area contributed by atoms with Crippen LogP contribution in [0.25, 0.3) is 11.0 Å². The highest BCUT2D eigenvalue weighted by Crippen LogP contribution is 2.25. The molecule has 4 rings (SSSR count). The van der Waals surface area contributed by atoms with Crippen molar-refractivity contribution < 1.29 is 9.18 Å². The molecular formula is C23H27FN4O. The summed E-state index contributed by atoms with van der Waals surface area (Å²) in [6.07, 6.45) is 1.84. The van der Waals surface area contributed by atoms with E-state index in [-0.39, 0.29) is 17.6 Å². The lowest BCUT2D eigenvalue weighted by molar-refractivity contribution is -0.121. The molecule has 2 heterocycles. The van der Waals surface area contributed by atoms with Crippen LogP contribution in [-0.4, -0.2) is 33.4 Å². The van der Waals surface area contributed by atoms with E-state index >= 15 is 0 Å². The number of amides is 1. The molecule has 0 radical (unpaired) electrons. The Kier molecular flexibility index (Phi) is 5.62.